The third kappa shape index (κ3) is 4.02. The van der Waals surface area contributed by atoms with Crippen LogP contribution >= 0.6 is 11.3 Å². The molecule has 0 saturated heterocycles. The van der Waals surface area contributed by atoms with Crippen molar-refractivity contribution < 1.29 is 32.6 Å². The molecule has 24 heavy (non-hydrogen) atoms. The molecule has 8 heteroatoms. The van der Waals surface area contributed by atoms with Gasteiger partial charge in [-0.2, -0.15) is 13.2 Å². The van der Waals surface area contributed by atoms with Crippen molar-refractivity contribution in [1.29, 1.82) is 0 Å². The number of aliphatic hydroxyl groups is 1. The Bertz CT molecular complexity index is 788. The lowest BCUT2D eigenvalue weighted by Crippen LogP contribution is -2.06. The number of esters is 1. The molecule has 0 fully saturated rings. The minimum absolute atomic E-state index is 0.223. The molecule has 0 aliphatic rings. The predicted octanol–water partition coefficient (Wildman–Crippen LogP) is 4.23. The normalized spacial score (nSPS) is 12.1. The predicted molar refractivity (Wildman–Crippen MR) is 81.8 cm³/mol. The molecule has 126 valence electrons. The van der Waals surface area contributed by atoms with E-state index < -0.39 is 29.3 Å². The van der Waals surface area contributed by atoms with Crippen LogP contribution in [-0.4, -0.2) is 24.0 Å². The van der Waals surface area contributed by atoms with Crippen LogP contribution in [0.3, 0.4) is 0 Å². The summed E-state index contributed by atoms with van der Waals surface area (Å²) in [6.07, 6.45) is -3.68. The maximum atomic E-state index is 12.5. The van der Waals surface area contributed by atoms with Crippen LogP contribution in [0.1, 0.15) is 15.2 Å². The van der Waals surface area contributed by atoms with Crippen molar-refractivity contribution in [2.45, 2.75) is 6.18 Å². The third-order valence-electron chi connectivity index (χ3n) is 3.01. The summed E-state index contributed by atoms with van der Waals surface area (Å²) in [5.41, 5.74) is -0.238. The number of carbonyl (C=O) groups excluding carboxylic acids is 2. The smallest absolute Gasteiger partial charge is 0.416 e. The number of thiophene rings is 1. The number of methoxy groups -OCH3 is 1. The summed E-state index contributed by atoms with van der Waals surface area (Å²) >= 11 is 1.03. The highest BCUT2D eigenvalue weighted by molar-refractivity contribution is 7.17. The molecule has 1 heterocycles. The maximum Gasteiger partial charge on any atom is 0.416 e. The first kappa shape index (κ1) is 17.7. The van der Waals surface area contributed by atoms with Gasteiger partial charge in [0, 0.05) is 11.0 Å². The Hall–Kier alpha value is -2.61. The zero-order valence-corrected chi connectivity index (χ0v) is 13.1. The lowest BCUT2D eigenvalue weighted by atomic mass is 10.1. The van der Waals surface area contributed by atoms with Gasteiger partial charge in [-0.3, -0.25) is 4.79 Å². The second-order valence-corrected chi connectivity index (χ2v) is 5.71. The van der Waals surface area contributed by atoms with Gasteiger partial charge in [0.05, 0.1) is 17.6 Å². The molecule has 0 atom stereocenters. The Kier molecular flexibility index (Phi) is 5.08. The average Bonchev–Trinajstić information content (AvgIpc) is 3.03. The van der Waals surface area contributed by atoms with Crippen LogP contribution in [0.5, 0.6) is 0 Å². The van der Waals surface area contributed by atoms with E-state index in [1.807, 2.05) is 0 Å². The summed E-state index contributed by atoms with van der Waals surface area (Å²) in [4.78, 5) is 23.8. The first-order valence-corrected chi connectivity index (χ1v) is 7.35. The molecule has 0 spiro atoms. The minimum atomic E-state index is -4.41. The fraction of sp³-hybridized carbons (Fsp3) is 0.125. The van der Waals surface area contributed by atoms with Crippen molar-refractivity contribution in [2.24, 2.45) is 0 Å². The SMILES string of the molecule is COC(=O)/C(O)=C/C(=O)c1ccc(-c2ccc(C(F)(F)F)cc2)s1. The molecular formula is C16H11F3O4S. The zero-order chi connectivity index (χ0) is 17.9. The van der Waals surface area contributed by atoms with E-state index in [2.05, 4.69) is 4.74 Å². The van der Waals surface area contributed by atoms with Crippen molar-refractivity contribution in [1.82, 2.24) is 0 Å². The first-order chi connectivity index (χ1) is 11.2. The molecule has 2 rings (SSSR count). The van der Waals surface area contributed by atoms with E-state index in [0.29, 0.717) is 10.4 Å². The Morgan fingerprint density at radius 2 is 1.75 bits per heavy atom. The van der Waals surface area contributed by atoms with Crippen LogP contribution in [-0.2, 0) is 15.7 Å². The highest BCUT2D eigenvalue weighted by atomic mass is 32.1. The Morgan fingerprint density at radius 1 is 1.12 bits per heavy atom. The molecule has 4 nitrogen and oxygen atoms in total. The topological polar surface area (TPSA) is 63.6 Å². The van der Waals surface area contributed by atoms with Gasteiger partial charge in [0.15, 0.2) is 5.78 Å². The number of halogens is 3. The summed E-state index contributed by atoms with van der Waals surface area (Å²) in [5.74, 6) is -2.48. The van der Waals surface area contributed by atoms with Gasteiger partial charge < -0.3 is 9.84 Å². The number of allylic oxidation sites excluding steroid dienone is 1. The molecule has 1 aromatic carbocycles. The van der Waals surface area contributed by atoms with Gasteiger partial charge >= 0.3 is 12.1 Å². The molecule has 1 N–H and O–H groups in total. The third-order valence-corrected chi connectivity index (χ3v) is 4.16. The number of alkyl halides is 3. The van der Waals surface area contributed by atoms with Crippen molar-refractivity contribution in [2.75, 3.05) is 7.11 Å². The second-order valence-electron chi connectivity index (χ2n) is 4.62. The molecular weight excluding hydrogens is 345 g/mol. The van der Waals surface area contributed by atoms with Gasteiger partial charge in [0.25, 0.3) is 0 Å². The zero-order valence-electron chi connectivity index (χ0n) is 12.3. The van der Waals surface area contributed by atoms with Crippen molar-refractivity contribution in [3.8, 4) is 10.4 Å². The average molecular weight is 356 g/mol. The Labute approximate surface area is 138 Å². The highest BCUT2D eigenvalue weighted by Gasteiger charge is 2.30. The second kappa shape index (κ2) is 6.88. The Morgan fingerprint density at radius 3 is 2.29 bits per heavy atom. The van der Waals surface area contributed by atoms with E-state index in [-0.39, 0.29) is 4.88 Å². The van der Waals surface area contributed by atoms with Gasteiger partial charge in [0.2, 0.25) is 5.76 Å². The monoisotopic (exact) mass is 356 g/mol. The largest absolute Gasteiger partial charge is 0.502 e. The highest BCUT2D eigenvalue weighted by Crippen LogP contribution is 2.33. The van der Waals surface area contributed by atoms with Gasteiger partial charge in [-0.25, -0.2) is 4.79 Å². The van der Waals surface area contributed by atoms with Crippen LogP contribution < -0.4 is 0 Å². The fourth-order valence-electron chi connectivity index (χ4n) is 1.81. The van der Waals surface area contributed by atoms with Crippen LogP contribution in [0.4, 0.5) is 13.2 Å². The van der Waals surface area contributed by atoms with E-state index in [1.165, 1.54) is 18.2 Å². The van der Waals surface area contributed by atoms with E-state index in [4.69, 9.17) is 0 Å². The van der Waals surface area contributed by atoms with Crippen LogP contribution in [0.15, 0.2) is 48.2 Å². The van der Waals surface area contributed by atoms with Gasteiger partial charge in [-0.15, -0.1) is 11.3 Å². The quantitative estimate of drug-likeness (QED) is 0.385. The summed E-state index contributed by atoms with van der Waals surface area (Å²) < 4.78 is 41.9. The lowest BCUT2D eigenvalue weighted by molar-refractivity contribution is -0.139. The summed E-state index contributed by atoms with van der Waals surface area (Å²) in [6, 6.07) is 7.57. The number of ketones is 1. The van der Waals surface area contributed by atoms with Gasteiger partial charge in [0.1, 0.15) is 0 Å². The summed E-state index contributed by atoms with van der Waals surface area (Å²) in [5, 5.41) is 9.34. The van der Waals surface area contributed by atoms with Crippen molar-refractivity contribution >= 4 is 23.1 Å². The van der Waals surface area contributed by atoms with E-state index in [1.54, 1.807) is 6.07 Å². The van der Waals surface area contributed by atoms with Gasteiger partial charge in [-0.05, 0) is 29.8 Å². The van der Waals surface area contributed by atoms with E-state index in [9.17, 15) is 27.9 Å². The number of carbonyl (C=O) groups is 2. The molecule has 0 saturated carbocycles. The molecule has 0 unspecified atom stereocenters. The van der Waals surface area contributed by atoms with Crippen LogP contribution in [0.25, 0.3) is 10.4 Å². The molecule has 0 aliphatic heterocycles. The fourth-order valence-corrected chi connectivity index (χ4v) is 2.73. The summed E-state index contributed by atoms with van der Waals surface area (Å²) in [7, 11) is 1.06. The molecule has 2 aromatic rings. The molecule has 0 aliphatic carbocycles. The minimum Gasteiger partial charge on any atom is -0.502 e. The standard InChI is InChI=1S/C16H11F3O4S/c1-23-15(22)12(21)8-11(20)14-7-6-13(24-14)9-2-4-10(5-3-9)16(17,18)19/h2-8,21H,1H3/b12-8-. The molecule has 0 radical (unpaired) electrons. The Balaban J connectivity index is 2.22. The number of hydrogen-bond donors (Lipinski definition) is 1. The van der Waals surface area contributed by atoms with Crippen molar-refractivity contribution in [3.05, 3.63) is 58.7 Å². The molecule has 0 amide bonds. The van der Waals surface area contributed by atoms with E-state index in [0.717, 1.165) is 36.7 Å². The van der Waals surface area contributed by atoms with Gasteiger partial charge in [-0.1, -0.05) is 12.1 Å². The maximum absolute atomic E-state index is 12.5. The van der Waals surface area contributed by atoms with Crippen LogP contribution in [0, 0.1) is 0 Å². The number of hydrogen-bond acceptors (Lipinski definition) is 5. The molecule has 1 aromatic heterocycles. The van der Waals surface area contributed by atoms with E-state index >= 15 is 0 Å². The first-order valence-electron chi connectivity index (χ1n) is 6.53. The number of aliphatic hydroxyl groups excluding tert-OH is 1. The summed E-state index contributed by atoms with van der Waals surface area (Å²) in [6.45, 7) is 0. The van der Waals surface area contributed by atoms with Crippen LogP contribution in [0.2, 0.25) is 0 Å². The molecule has 0 bridgehead atoms. The lowest BCUT2D eigenvalue weighted by Gasteiger charge is -2.06. The number of benzene rings is 1. The van der Waals surface area contributed by atoms with Crippen molar-refractivity contribution in [3.63, 3.8) is 0 Å². The number of ether oxygens (including phenoxy) is 1. The number of rotatable bonds is 4.